The van der Waals surface area contributed by atoms with Gasteiger partial charge in [-0.2, -0.15) is 0 Å². The van der Waals surface area contributed by atoms with Gasteiger partial charge in [0.25, 0.3) is 0 Å². The third-order valence-electron chi connectivity index (χ3n) is 1.97. The van der Waals surface area contributed by atoms with Crippen LogP contribution in [-0.4, -0.2) is 18.1 Å². The Hall–Kier alpha value is -1.43. The fourth-order valence-corrected chi connectivity index (χ4v) is 1.37. The second-order valence-electron chi connectivity index (χ2n) is 3.07. The lowest BCUT2D eigenvalue weighted by Crippen LogP contribution is -2.17. The van der Waals surface area contributed by atoms with Crippen LogP contribution < -0.4 is 9.47 Å². The number of rotatable bonds is 1. The summed E-state index contributed by atoms with van der Waals surface area (Å²) in [6.07, 6.45) is -5.62. The van der Waals surface area contributed by atoms with Crippen LogP contribution in [0.2, 0.25) is 0 Å². The van der Waals surface area contributed by atoms with Crippen LogP contribution in [0.15, 0.2) is 18.2 Å². The first-order valence-electron chi connectivity index (χ1n) is 4.16. The van der Waals surface area contributed by atoms with Gasteiger partial charge in [0.05, 0.1) is 0 Å². The first-order valence-corrected chi connectivity index (χ1v) is 4.16. The Bertz CT molecular complexity index is 375. The summed E-state index contributed by atoms with van der Waals surface area (Å²) >= 11 is 0. The predicted molar refractivity (Wildman–Crippen MR) is 43.6 cm³/mol. The second kappa shape index (κ2) is 3.30. The molecule has 0 amide bonds. The maximum absolute atomic E-state index is 11.9. The molecule has 15 heavy (non-hydrogen) atoms. The summed E-state index contributed by atoms with van der Waals surface area (Å²) in [5.41, 5.74) is 0.316. The summed E-state index contributed by atoms with van der Waals surface area (Å²) in [5.74, 6) is 0.0304. The van der Waals surface area contributed by atoms with Crippen molar-refractivity contribution >= 4 is 0 Å². The standard InChI is InChI=1S/C9H7F3O3/c10-9(11,12)15-5-1-2-8-6(3-5)7(13)4-14-8/h1-3,7,13H,4H2. The maximum Gasteiger partial charge on any atom is 0.573 e. The molecule has 82 valence electrons. The highest BCUT2D eigenvalue weighted by atomic mass is 19.4. The minimum atomic E-state index is -4.72. The molecule has 1 aliphatic heterocycles. The lowest BCUT2D eigenvalue weighted by Gasteiger charge is -2.09. The largest absolute Gasteiger partial charge is 0.573 e. The second-order valence-corrected chi connectivity index (χ2v) is 3.07. The Morgan fingerprint density at radius 1 is 1.40 bits per heavy atom. The molecule has 1 aliphatic rings. The smallest absolute Gasteiger partial charge is 0.490 e. The highest BCUT2D eigenvalue weighted by Crippen LogP contribution is 2.36. The van der Waals surface area contributed by atoms with Gasteiger partial charge in [-0.05, 0) is 18.2 Å². The topological polar surface area (TPSA) is 38.7 Å². The average Bonchev–Trinajstić information content (AvgIpc) is 2.45. The molecule has 1 N–H and O–H groups in total. The number of benzene rings is 1. The van der Waals surface area contributed by atoms with Crippen molar-refractivity contribution in [2.24, 2.45) is 0 Å². The Kier molecular flexibility index (Phi) is 2.22. The molecule has 6 heteroatoms. The van der Waals surface area contributed by atoms with Crippen molar-refractivity contribution in [1.29, 1.82) is 0 Å². The fraction of sp³-hybridized carbons (Fsp3) is 0.333. The monoisotopic (exact) mass is 220 g/mol. The Balaban J connectivity index is 2.26. The van der Waals surface area contributed by atoms with E-state index in [0.29, 0.717) is 11.3 Å². The van der Waals surface area contributed by atoms with Crippen LogP contribution in [0, 0.1) is 0 Å². The zero-order chi connectivity index (χ0) is 11.1. The van der Waals surface area contributed by atoms with Crippen LogP contribution in [-0.2, 0) is 0 Å². The molecule has 0 saturated heterocycles. The first kappa shape index (κ1) is 10.1. The van der Waals surface area contributed by atoms with E-state index in [9.17, 15) is 18.3 Å². The SMILES string of the molecule is OC1COc2ccc(OC(F)(F)F)cc21. The molecule has 0 radical (unpaired) electrons. The predicted octanol–water partition coefficient (Wildman–Crippen LogP) is 2.01. The van der Waals surface area contributed by atoms with Gasteiger partial charge in [-0.25, -0.2) is 0 Å². The number of hydrogen-bond acceptors (Lipinski definition) is 3. The van der Waals surface area contributed by atoms with Crippen LogP contribution in [0.1, 0.15) is 11.7 Å². The van der Waals surface area contributed by atoms with Crippen molar-refractivity contribution in [1.82, 2.24) is 0 Å². The molecule has 2 rings (SSSR count). The van der Waals surface area contributed by atoms with Gasteiger partial charge in [0.15, 0.2) is 0 Å². The van der Waals surface area contributed by atoms with Gasteiger partial charge in [0, 0.05) is 5.56 Å². The minimum Gasteiger partial charge on any atom is -0.490 e. The van der Waals surface area contributed by atoms with E-state index in [4.69, 9.17) is 4.74 Å². The average molecular weight is 220 g/mol. The molecular formula is C9H7F3O3. The quantitative estimate of drug-likeness (QED) is 0.786. The number of ether oxygens (including phenoxy) is 2. The van der Waals surface area contributed by atoms with E-state index in [1.165, 1.54) is 6.07 Å². The summed E-state index contributed by atoms with van der Waals surface area (Å²) < 4.78 is 44.3. The number of hydrogen-bond donors (Lipinski definition) is 1. The van der Waals surface area contributed by atoms with Gasteiger partial charge in [0.2, 0.25) is 0 Å². The van der Waals surface area contributed by atoms with Crippen molar-refractivity contribution < 1.29 is 27.8 Å². The number of fused-ring (bicyclic) bond motifs is 1. The zero-order valence-electron chi connectivity index (χ0n) is 7.41. The first-order chi connectivity index (χ1) is 6.96. The molecule has 0 spiro atoms. The van der Waals surface area contributed by atoms with Gasteiger partial charge < -0.3 is 14.6 Å². The van der Waals surface area contributed by atoms with E-state index in [0.717, 1.165) is 12.1 Å². The number of halogens is 3. The third kappa shape index (κ3) is 2.15. The van der Waals surface area contributed by atoms with Crippen LogP contribution in [0.4, 0.5) is 13.2 Å². The van der Waals surface area contributed by atoms with Crippen LogP contribution in [0.5, 0.6) is 11.5 Å². The summed E-state index contributed by atoms with van der Waals surface area (Å²) in [6.45, 7) is 0.0603. The number of alkyl halides is 3. The number of aliphatic hydroxyl groups is 1. The van der Waals surface area contributed by atoms with E-state index in [-0.39, 0.29) is 12.4 Å². The van der Waals surface area contributed by atoms with Crippen LogP contribution in [0.3, 0.4) is 0 Å². The lowest BCUT2D eigenvalue weighted by molar-refractivity contribution is -0.274. The highest BCUT2D eigenvalue weighted by Gasteiger charge is 2.32. The summed E-state index contributed by atoms with van der Waals surface area (Å²) in [6, 6.07) is 3.61. The Labute approximate surface area is 83.0 Å². The summed E-state index contributed by atoms with van der Waals surface area (Å²) in [5, 5.41) is 9.34. The van der Waals surface area contributed by atoms with Gasteiger partial charge in [-0.3, -0.25) is 0 Å². The molecule has 1 aromatic carbocycles. The van der Waals surface area contributed by atoms with Gasteiger partial charge in [-0.1, -0.05) is 0 Å². The molecule has 3 nitrogen and oxygen atoms in total. The molecule has 0 aliphatic carbocycles. The van der Waals surface area contributed by atoms with Crippen LogP contribution >= 0.6 is 0 Å². The summed E-state index contributed by atoms with van der Waals surface area (Å²) in [7, 11) is 0. The zero-order valence-corrected chi connectivity index (χ0v) is 7.41. The highest BCUT2D eigenvalue weighted by molar-refractivity contribution is 5.43. The van der Waals surface area contributed by atoms with E-state index in [2.05, 4.69) is 4.74 Å². The van der Waals surface area contributed by atoms with Crippen LogP contribution in [0.25, 0.3) is 0 Å². The minimum absolute atomic E-state index is 0.0603. The lowest BCUT2D eigenvalue weighted by atomic mass is 10.1. The van der Waals surface area contributed by atoms with E-state index < -0.39 is 12.5 Å². The molecular weight excluding hydrogens is 213 g/mol. The van der Waals surface area contributed by atoms with E-state index in [1.807, 2.05) is 0 Å². The normalized spacial score (nSPS) is 19.6. The molecule has 1 heterocycles. The number of aliphatic hydroxyl groups excluding tert-OH is 1. The van der Waals surface area contributed by atoms with E-state index >= 15 is 0 Å². The van der Waals surface area contributed by atoms with Gasteiger partial charge in [-0.15, -0.1) is 13.2 Å². The van der Waals surface area contributed by atoms with Crippen molar-refractivity contribution in [3.8, 4) is 11.5 Å². The molecule has 1 atom stereocenters. The fourth-order valence-electron chi connectivity index (χ4n) is 1.37. The van der Waals surface area contributed by atoms with Crippen molar-refractivity contribution in [2.75, 3.05) is 6.61 Å². The maximum atomic E-state index is 11.9. The molecule has 0 bridgehead atoms. The Morgan fingerprint density at radius 2 is 2.13 bits per heavy atom. The van der Waals surface area contributed by atoms with Gasteiger partial charge >= 0.3 is 6.36 Å². The van der Waals surface area contributed by atoms with Crippen molar-refractivity contribution in [3.05, 3.63) is 23.8 Å². The van der Waals surface area contributed by atoms with Gasteiger partial charge in [0.1, 0.15) is 24.2 Å². The van der Waals surface area contributed by atoms with Crippen molar-refractivity contribution in [3.63, 3.8) is 0 Å². The van der Waals surface area contributed by atoms with Crippen molar-refractivity contribution in [2.45, 2.75) is 12.5 Å². The molecule has 1 unspecified atom stereocenters. The molecule has 0 saturated carbocycles. The molecule has 0 aromatic heterocycles. The Morgan fingerprint density at radius 3 is 2.80 bits per heavy atom. The molecule has 0 fully saturated rings. The molecule has 1 aromatic rings. The summed E-state index contributed by atoms with van der Waals surface area (Å²) in [4.78, 5) is 0. The third-order valence-corrected chi connectivity index (χ3v) is 1.97. The van der Waals surface area contributed by atoms with E-state index in [1.54, 1.807) is 0 Å².